The minimum absolute atomic E-state index is 0.204. The van der Waals surface area contributed by atoms with Crippen molar-refractivity contribution < 1.29 is 9.90 Å². The van der Waals surface area contributed by atoms with Crippen LogP contribution in [0.1, 0.15) is 18.8 Å². The summed E-state index contributed by atoms with van der Waals surface area (Å²) in [5.41, 5.74) is 0. The van der Waals surface area contributed by atoms with Crippen LogP contribution in [0, 0.1) is 0 Å². The van der Waals surface area contributed by atoms with E-state index >= 15 is 0 Å². The third-order valence-electron chi connectivity index (χ3n) is 2.14. The van der Waals surface area contributed by atoms with Gasteiger partial charge in [-0.2, -0.15) is 5.10 Å². The number of carboxylic acid groups (broad SMARTS) is 1. The first-order valence-corrected chi connectivity index (χ1v) is 4.65. The Kier molecular flexibility index (Phi) is 2.63. The van der Waals surface area contributed by atoms with E-state index in [0.717, 1.165) is 0 Å². The van der Waals surface area contributed by atoms with E-state index in [1.807, 2.05) is 6.92 Å². The van der Waals surface area contributed by atoms with Gasteiger partial charge in [-0.1, -0.05) is 0 Å². The number of aromatic nitrogens is 6. The number of hydrogen-bond donors (Lipinski definition) is 1. The zero-order valence-electron chi connectivity index (χ0n) is 8.56. The first kappa shape index (κ1) is 10.3. The van der Waals surface area contributed by atoms with Gasteiger partial charge in [0.2, 0.25) is 0 Å². The van der Waals surface area contributed by atoms with Gasteiger partial charge in [0.05, 0.1) is 0 Å². The van der Waals surface area contributed by atoms with Crippen LogP contribution in [0.2, 0.25) is 0 Å². The van der Waals surface area contributed by atoms with Gasteiger partial charge in [-0.05, 0) is 23.4 Å². The third kappa shape index (κ3) is 1.90. The maximum Gasteiger partial charge on any atom is 0.325 e. The molecule has 2 aromatic rings. The minimum atomic E-state index is -0.985. The molecule has 8 nitrogen and oxygen atoms in total. The highest BCUT2D eigenvalue weighted by Crippen LogP contribution is 2.12. The van der Waals surface area contributed by atoms with Gasteiger partial charge in [-0.15, -0.1) is 5.10 Å². The standard InChI is InChI=1S/C8H10N6O2/c1-6(13-4-2-3-9-13)8-10-11-12-14(8)5-7(15)16/h2-4,6H,5H2,1H3,(H,15,16). The molecule has 0 bridgehead atoms. The Bertz CT molecular complexity index is 476. The van der Waals surface area contributed by atoms with Crippen molar-refractivity contribution in [2.75, 3.05) is 0 Å². The summed E-state index contributed by atoms with van der Waals surface area (Å²) in [6, 6.07) is 1.58. The Hall–Kier alpha value is -2.25. The largest absolute Gasteiger partial charge is 0.480 e. The Morgan fingerprint density at radius 3 is 3.06 bits per heavy atom. The molecule has 16 heavy (non-hydrogen) atoms. The van der Waals surface area contributed by atoms with Crippen molar-refractivity contribution in [3.05, 3.63) is 24.3 Å². The summed E-state index contributed by atoms with van der Waals surface area (Å²) in [7, 11) is 0. The number of carbonyl (C=O) groups is 1. The second-order valence-corrected chi connectivity index (χ2v) is 3.25. The summed E-state index contributed by atoms with van der Waals surface area (Å²) >= 11 is 0. The molecule has 0 saturated carbocycles. The molecule has 1 N–H and O–H groups in total. The average Bonchev–Trinajstić information content (AvgIpc) is 2.84. The van der Waals surface area contributed by atoms with Crippen molar-refractivity contribution in [3.8, 4) is 0 Å². The smallest absolute Gasteiger partial charge is 0.325 e. The first-order chi connectivity index (χ1) is 7.68. The second kappa shape index (κ2) is 4.09. The highest BCUT2D eigenvalue weighted by molar-refractivity contribution is 5.66. The molecule has 1 unspecified atom stereocenters. The monoisotopic (exact) mass is 222 g/mol. The summed E-state index contributed by atoms with van der Waals surface area (Å²) in [5, 5.41) is 23.6. The first-order valence-electron chi connectivity index (χ1n) is 4.65. The van der Waals surface area contributed by atoms with Crippen molar-refractivity contribution in [1.82, 2.24) is 30.0 Å². The minimum Gasteiger partial charge on any atom is -0.480 e. The van der Waals surface area contributed by atoms with Gasteiger partial charge in [-0.3, -0.25) is 9.48 Å². The predicted octanol–water partition coefficient (Wildman–Crippen LogP) is -0.437. The topological polar surface area (TPSA) is 98.7 Å². The zero-order valence-corrected chi connectivity index (χ0v) is 8.56. The highest BCUT2D eigenvalue weighted by atomic mass is 16.4. The van der Waals surface area contributed by atoms with Gasteiger partial charge < -0.3 is 5.11 Å². The number of nitrogens with zero attached hydrogens (tertiary/aromatic N) is 6. The molecule has 0 saturated heterocycles. The van der Waals surface area contributed by atoms with Gasteiger partial charge in [0.1, 0.15) is 12.6 Å². The molecule has 0 amide bonds. The quantitative estimate of drug-likeness (QED) is 0.753. The Morgan fingerprint density at radius 2 is 2.44 bits per heavy atom. The number of carboxylic acids is 1. The maximum atomic E-state index is 10.6. The van der Waals surface area contributed by atoms with E-state index in [-0.39, 0.29) is 12.6 Å². The molecule has 84 valence electrons. The molecule has 8 heteroatoms. The van der Waals surface area contributed by atoms with E-state index in [1.165, 1.54) is 4.68 Å². The summed E-state index contributed by atoms with van der Waals surface area (Å²) in [4.78, 5) is 10.6. The van der Waals surface area contributed by atoms with E-state index < -0.39 is 5.97 Å². The molecule has 2 aromatic heterocycles. The van der Waals surface area contributed by atoms with Gasteiger partial charge in [0, 0.05) is 12.4 Å². The van der Waals surface area contributed by atoms with E-state index in [1.54, 1.807) is 23.1 Å². The normalized spacial score (nSPS) is 12.6. The number of rotatable bonds is 4. The summed E-state index contributed by atoms with van der Waals surface area (Å²) < 4.78 is 2.90. The van der Waals surface area contributed by atoms with E-state index in [4.69, 9.17) is 5.11 Å². The fraction of sp³-hybridized carbons (Fsp3) is 0.375. The lowest BCUT2D eigenvalue weighted by Gasteiger charge is -2.10. The zero-order chi connectivity index (χ0) is 11.5. The fourth-order valence-corrected chi connectivity index (χ4v) is 1.38. The van der Waals surface area contributed by atoms with Crippen LogP contribution in [0.5, 0.6) is 0 Å². The summed E-state index contributed by atoms with van der Waals surface area (Å²) in [5.74, 6) is -0.521. The Balaban J connectivity index is 2.27. The van der Waals surface area contributed by atoms with Crippen molar-refractivity contribution in [2.24, 2.45) is 0 Å². The van der Waals surface area contributed by atoms with Crippen LogP contribution >= 0.6 is 0 Å². The lowest BCUT2D eigenvalue weighted by atomic mass is 10.3. The molecule has 2 rings (SSSR count). The van der Waals surface area contributed by atoms with Gasteiger partial charge in [0.15, 0.2) is 5.82 Å². The van der Waals surface area contributed by atoms with E-state index in [0.29, 0.717) is 5.82 Å². The van der Waals surface area contributed by atoms with Crippen LogP contribution in [-0.4, -0.2) is 41.1 Å². The van der Waals surface area contributed by atoms with Gasteiger partial charge >= 0.3 is 5.97 Å². The molecule has 0 fully saturated rings. The fourth-order valence-electron chi connectivity index (χ4n) is 1.38. The summed E-state index contributed by atoms with van der Waals surface area (Å²) in [6.07, 6.45) is 3.41. The Morgan fingerprint density at radius 1 is 1.62 bits per heavy atom. The molecule has 0 radical (unpaired) electrons. The maximum absolute atomic E-state index is 10.6. The van der Waals surface area contributed by atoms with E-state index in [9.17, 15) is 4.79 Å². The molecule has 2 heterocycles. The van der Waals surface area contributed by atoms with Crippen LogP contribution in [-0.2, 0) is 11.3 Å². The predicted molar refractivity (Wildman–Crippen MR) is 51.5 cm³/mol. The number of hydrogen-bond acceptors (Lipinski definition) is 5. The molecule has 1 atom stereocenters. The Labute approximate surface area is 90.5 Å². The van der Waals surface area contributed by atoms with Crippen LogP contribution in [0.3, 0.4) is 0 Å². The lowest BCUT2D eigenvalue weighted by molar-refractivity contribution is -0.138. The average molecular weight is 222 g/mol. The van der Waals surface area contributed by atoms with Gasteiger partial charge in [-0.25, -0.2) is 4.68 Å². The molecule has 0 aromatic carbocycles. The van der Waals surface area contributed by atoms with Crippen molar-refractivity contribution in [2.45, 2.75) is 19.5 Å². The third-order valence-corrected chi connectivity index (χ3v) is 2.14. The van der Waals surface area contributed by atoms with Crippen molar-refractivity contribution >= 4 is 5.97 Å². The van der Waals surface area contributed by atoms with Gasteiger partial charge in [0.25, 0.3) is 0 Å². The molecule has 0 spiro atoms. The van der Waals surface area contributed by atoms with E-state index in [2.05, 4.69) is 20.6 Å². The van der Waals surface area contributed by atoms with Crippen LogP contribution in [0.15, 0.2) is 18.5 Å². The lowest BCUT2D eigenvalue weighted by Crippen LogP contribution is -2.18. The SMILES string of the molecule is CC(c1nnnn1CC(=O)O)n1cccn1. The summed E-state index contributed by atoms with van der Waals surface area (Å²) in [6.45, 7) is 1.59. The molecular weight excluding hydrogens is 212 g/mol. The van der Waals surface area contributed by atoms with Crippen molar-refractivity contribution in [1.29, 1.82) is 0 Å². The molecule has 0 aliphatic carbocycles. The highest BCUT2D eigenvalue weighted by Gasteiger charge is 2.17. The number of tetrazole rings is 1. The molecule has 0 aliphatic heterocycles. The molecular formula is C8H10N6O2. The van der Waals surface area contributed by atoms with Crippen LogP contribution in [0.25, 0.3) is 0 Å². The van der Waals surface area contributed by atoms with Crippen LogP contribution < -0.4 is 0 Å². The van der Waals surface area contributed by atoms with Crippen molar-refractivity contribution in [3.63, 3.8) is 0 Å². The van der Waals surface area contributed by atoms with Crippen LogP contribution in [0.4, 0.5) is 0 Å². The molecule has 0 aliphatic rings. The number of aliphatic carboxylic acids is 1. The second-order valence-electron chi connectivity index (χ2n) is 3.25.